The van der Waals surface area contributed by atoms with Crippen LogP contribution in [0.25, 0.3) is 0 Å². The highest BCUT2D eigenvalue weighted by Crippen LogP contribution is 2.24. The molecule has 1 N–H and O–H groups in total. The van der Waals surface area contributed by atoms with E-state index in [9.17, 15) is 10.1 Å². The summed E-state index contributed by atoms with van der Waals surface area (Å²) in [5.41, 5.74) is 3.35. The Morgan fingerprint density at radius 3 is 2.60 bits per heavy atom. The van der Waals surface area contributed by atoms with Gasteiger partial charge in [0.15, 0.2) is 0 Å². The van der Waals surface area contributed by atoms with Gasteiger partial charge in [-0.3, -0.25) is 10.1 Å². The zero-order valence-electron chi connectivity index (χ0n) is 11.7. The standard InChI is InChI=1S/C16H18N2O2/c1-12(2)15-8-3-4-9-16(15)17-11-13-6-5-7-14(10-13)18(19)20/h3-10,12,17H,11H2,1-2H3. The first kappa shape index (κ1) is 14.1. The SMILES string of the molecule is CC(C)c1ccccc1NCc1cccc([N+](=O)[O-])c1. The molecule has 2 aromatic carbocycles. The summed E-state index contributed by atoms with van der Waals surface area (Å²) >= 11 is 0. The zero-order valence-corrected chi connectivity index (χ0v) is 11.7. The van der Waals surface area contributed by atoms with Gasteiger partial charge in [-0.2, -0.15) is 0 Å². The van der Waals surface area contributed by atoms with E-state index in [1.165, 1.54) is 11.6 Å². The lowest BCUT2D eigenvalue weighted by Crippen LogP contribution is -2.03. The van der Waals surface area contributed by atoms with Crippen molar-refractivity contribution in [3.05, 3.63) is 69.8 Å². The molecular weight excluding hydrogens is 252 g/mol. The maximum atomic E-state index is 10.8. The molecule has 2 aromatic rings. The van der Waals surface area contributed by atoms with Gasteiger partial charge in [0.2, 0.25) is 0 Å². The van der Waals surface area contributed by atoms with Gasteiger partial charge in [-0.05, 0) is 23.1 Å². The van der Waals surface area contributed by atoms with Crippen molar-refractivity contribution in [2.75, 3.05) is 5.32 Å². The number of benzene rings is 2. The maximum absolute atomic E-state index is 10.8. The Kier molecular flexibility index (Phi) is 4.35. The Balaban J connectivity index is 2.13. The molecular formula is C16H18N2O2. The Morgan fingerprint density at radius 2 is 1.90 bits per heavy atom. The number of nitro groups is 1. The summed E-state index contributed by atoms with van der Waals surface area (Å²) in [4.78, 5) is 10.4. The average Bonchev–Trinajstić information content (AvgIpc) is 2.45. The summed E-state index contributed by atoms with van der Waals surface area (Å²) in [5, 5.41) is 14.1. The quantitative estimate of drug-likeness (QED) is 0.650. The number of nitrogens with zero attached hydrogens (tertiary/aromatic N) is 1. The average molecular weight is 270 g/mol. The van der Waals surface area contributed by atoms with Crippen LogP contribution in [0.1, 0.15) is 30.9 Å². The van der Waals surface area contributed by atoms with Crippen molar-refractivity contribution in [1.29, 1.82) is 0 Å². The van der Waals surface area contributed by atoms with Gasteiger partial charge in [0.25, 0.3) is 5.69 Å². The monoisotopic (exact) mass is 270 g/mol. The molecule has 0 aliphatic carbocycles. The molecule has 4 heteroatoms. The van der Waals surface area contributed by atoms with E-state index in [2.05, 4.69) is 25.2 Å². The predicted molar refractivity (Wildman–Crippen MR) is 81.0 cm³/mol. The van der Waals surface area contributed by atoms with Crippen molar-refractivity contribution in [3.8, 4) is 0 Å². The molecule has 0 atom stereocenters. The van der Waals surface area contributed by atoms with Crippen LogP contribution in [0, 0.1) is 10.1 Å². The third kappa shape index (κ3) is 3.35. The molecule has 20 heavy (non-hydrogen) atoms. The van der Waals surface area contributed by atoms with Crippen molar-refractivity contribution in [1.82, 2.24) is 0 Å². The molecule has 0 spiro atoms. The normalized spacial score (nSPS) is 10.6. The van der Waals surface area contributed by atoms with Crippen molar-refractivity contribution >= 4 is 11.4 Å². The minimum absolute atomic E-state index is 0.126. The van der Waals surface area contributed by atoms with Crippen molar-refractivity contribution < 1.29 is 4.92 Å². The number of para-hydroxylation sites is 1. The molecule has 0 heterocycles. The Morgan fingerprint density at radius 1 is 1.15 bits per heavy atom. The Bertz CT molecular complexity index is 609. The second-order valence-electron chi connectivity index (χ2n) is 5.02. The minimum Gasteiger partial charge on any atom is -0.381 e. The summed E-state index contributed by atoms with van der Waals surface area (Å²) in [6.07, 6.45) is 0. The second kappa shape index (κ2) is 6.19. The number of rotatable bonds is 5. The molecule has 0 bridgehead atoms. The minimum atomic E-state index is -0.369. The van der Waals surface area contributed by atoms with E-state index in [1.807, 2.05) is 24.3 Å². The van der Waals surface area contributed by atoms with Gasteiger partial charge < -0.3 is 5.32 Å². The van der Waals surface area contributed by atoms with Gasteiger partial charge in [-0.1, -0.05) is 44.2 Å². The first-order chi connectivity index (χ1) is 9.58. The molecule has 104 valence electrons. The fourth-order valence-corrected chi connectivity index (χ4v) is 2.14. The van der Waals surface area contributed by atoms with Crippen LogP contribution in [0.15, 0.2) is 48.5 Å². The molecule has 0 saturated carbocycles. The number of anilines is 1. The first-order valence-corrected chi connectivity index (χ1v) is 6.64. The highest BCUT2D eigenvalue weighted by Gasteiger charge is 2.07. The number of hydrogen-bond donors (Lipinski definition) is 1. The van der Waals surface area contributed by atoms with Gasteiger partial charge in [0.1, 0.15) is 0 Å². The number of nitrogens with one attached hydrogen (secondary N) is 1. The highest BCUT2D eigenvalue weighted by atomic mass is 16.6. The van der Waals surface area contributed by atoms with E-state index < -0.39 is 0 Å². The lowest BCUT2D eigenvalue weighted by atomic mass is 10.0. The fraction of sp³-hybridized carbons (Fsp3) is 0.250. The lowest BCUT2D eigenvalue weighted by Gasteiger charge is -2.14. The largest absolute Gasteiger partial charge is 0.381 e. The summed E-state index contributed by atoms with van der Waals surface area (Å²) in [7, 11) is 0. The van der Waals surface area contributed by atoms with E-state index in [4.69, 9.17) is 0 Å². The van der Waals surface area contributed by atoms with Crippen LogP contribution in [0.2, 0.25) is 0 Å². The van der Waals surface area contributed by atoms with E-state index in [1.54, 1.807) is 12.1 Å². The Hall–Kier alpha value is -2.36. The van der Waals surface area contributed by atoms with Crippen LogP contribution < -0.4 is 5.32 Å². The summed E-state index contributed by atoms with van der Waals surface area (Å²) in [5.74, 6) is 0.434. The predicted octanol–water partition coefficient (Wildman–Crippen LogP) is 4.33. The third-order valence-corrected chi connectivity index (χ3v) is 3.19. The molecule has 0 amide bonds. The molecule has 0 unspecified atom stereocenters. The van der Waals surface area contributed by atoms with Crippen LogP contribution in [-0.2, 0) is 6.54 Å². The van der Waals surface area contributed by atoms with Crippen LogP contribution in [0.5, 0.6) is 0 Å². The highest BCUT2D eigenvalue weighted by molar-refractivity contribution is 5.53. The molecule has 0 aliphatic heterocycles. The third-order valence-electron chi connectivity index (χ3n) is 3.19. The van der Waals surface area contributed by atoms with Gasteiger partial charge >= 0.3 is 0 Å². The molecule has 0 aliphatic rings. The molecule has 0 radical (unpaired) electrons. The van der Waals surface area contributed by atoms with Crippen LogP contribution in [0.3, 0.4) is 0 Å². The second-order valence-corrected chi connectivity index (χ2v) is 5.02. The summed E-state index contributed by atoms with van der Waals surface area (Å²) < 4.78 is 0. The number of non-ortho nitro benzene ring substituents is 1. The van der Waals surface area contributed by atoms with Crippen LogP contribution >= 0.6 is 0 Å². The van der Waals surface area contributed by atoms with Gasteiger partial charge in [0.05, 0.1) is 4.92 Å². The molecule has 2 rings (SSSR count). The van der Waals surface area contributed by atoms with Gasteiger partial charge in [-0.25, -0.2) is 0 Å². The number of hydrogen-bond acceptors (Lipinski definition) is 3. The molecule has 4 nitrogen and oxygen atoms in total. The van der Waals surface area contributed by atoms with Gasteiger partial charge in [0, 0.05) is 24.4 Å². The van der Waals surface area contributed by atoms with E-state index in [0.717, 1.165) is 11.3 Å². The lowest BCUT2D eigenvalue weighted by molar-refractivity contribution is -0.384. The first-order valence-electron chi connectivity index (χ1n) is 6.64. The van der Waals surface area contributed by atoms with Crippen LogP contribution in [0.4, 0.5) is 11.4 Å². The van der Waals surface area contributed by atoms with Crippen molar-refractivity contribution in [2.45, 2.75) is 26.3 Å². The van der Waals surface area contributed by atoms with E-state index in [-0.39, 0.29) is 10.6 Å². The van der Waals surface area contributed by atoms with E-state index >= 15 is 0 Å². The van der Waals surface area contributed by atoms with Gasteiger partial charge in [-0.15, -0.1) is 0 Å². The summed E-state index contributed by atoms with van der Waals surface area (Å²) in [6.45, 7) is 4.87. The molecule has 0 aromatic heterocycles. The fourth-order valence-electron chi connectivity index (χ4n) is 2.14. The smallest absolute Gasteiger partial charge is 0.269 e. The summed E-state index contributed by atoms with van der Waals surface area (Å²) in [6, 6.07) is 14.8. The van der Waals surface area contributed by atoms with Crippen LogP contribution in [-0.4, -0.2) is 4.92 Å². The van der Waals surface area contributed by atoms with Crippen molar-refractivity contribution in [3.63, 3.8) is 0 Å². The van der Waals surface area contributed by atoms with E-state index in [0.29, 0.717) is 12.5 Å². The molecule has 0 saturated heterocycles. The van der Waals surface area contributed by atoms with Crippen molar-refractivity contribution in [2.24, 2.45) is 0 Å². The molecule has 0 fully saturated rings. The Labute approximate surface area is 118 Å². The number of nitro benzene ring substituents is 1. The zero-order chi connectivity index (χ0) is 14.5. The topological polar surface area (TPSA) is 55.2 Å². The maximum Gasteiger partial charge on any atom is 0.269 e.